The average molecular weight is 286 g/mol. The van der Waals surface area contributed by atoms with Gasteiger partial charge in [-0.25, -0.2) is 0 Å². The number of furan rings is 1. The summed E-state index contributed by atoms with van der Waals surface area (Å²) in [6.45, 7) is 8.41. The molecule has 21 heavy (non-hydrogen) atoms. The maximum atomic E-state index is 6.09. The first-order chi connectivity index (χ1) is 10.3. The molecule has 114 valence electrons. The Hall–Kier alpha value is -1.32. The number of benzene rings is 1. The van der Waals surface area contributed by atoms with Crippen molar-refractivity contribution in [3.05, 3.63) is 35.6 Å². The predicted molar refractivity (Wildman–Crippen MR) is 87.3 cm³/mol. The standard InChI is InChI=1S/C18H26N2O/c1-3-11-20(14-9-10-14)13-16-15-7-5-6-8-17(15)21-18(16)12-19-4-2/h5-8,14,19H,3-4,9-13H2,1-2H3. The van der Waals surface area contributed by atoms with Crippen LogP contribution in [0, 0.1) is 0 Å². The highest BCUT2D eigenvalue weighted by atomic mass is 16.3. The van der Waals surface area contributed by atoms with Gasteiger partial charge in [0.25, 0.3) is 0 Å². The number of nitrogens with one attached hydrogen (secondary N) is 1. The number of nitrogens with zero attached hydrogens (tertiary/aromatic N) is 1. The van der Waals surface area contributed by atoms with E-state index in [1.807, 2.05) is 0 Å². The number of rotatable bonds is 8. The Balaban J connectivity index is 1.89. The molecule has 3 nitrogen and oxygen atoms in total. The zero-order valence-corrected chi connectivity index (χ0v) is 13.2. The molecular formula is C18H26N2O. The van der Waals surface area contributed by atoms with Crippen LogP contribution < -0.4 is 5.32 Å². The summed E-state index contributed by atoms with van der Waals surface area (Å²) in [7, 11) is 0. The van der Waals surface area contributed by atoms with Crippen LogP contribution >= 0.6 is 0 Å². The van der Waals surface area contributed by atoms with E-state index >= 15 is 0 Å². The summed E-state index contributed by atoms with van der Waals surface area (Å²) in [5.41, 5.74) is 2.40. The zero-order valence-electron chi connectivity index (χ0n) is 13.2. The van der Waals surface area contributed by atoms with Crippen LogP contribution in [0.2, 0.25) is 0 Å². The van der Waals surface area contributed by atoms with E-state index in [2.05, 4.69) is 48.3 Å². The minimum atomic E-state index is 0.797. The van der Waals surface area contributed by atoms with Gasteiger partial charge in [-0.2, -0.15) is 0 Å². The highest BCUT2D eigenvalue weighted by molar-refractivity contribution is 5.82. The van der Waals surface area contributed by atoms with Gasteiger partial charge in [-0.3, -0.25) is 4.90 Å². The molecule has 0 bridgehead atoms. The Labute approximate surface area is 127 Å². The van der Waals surface area contributed by atoms with Gasteiger partial charge in [0.05, 0.1) is 6.54 Å². The zero-order chi connectivity index (χ0) is 14.7. The lowest BCUT2D eigenvalue weighted by molar-refractivity contribution is 0.253. The number of hydrogen-bond donors (Lipinski definition) is 1. The maximum Gasteiger partial charge on any atom is 0.134 e. The van der Waals surface area contributed by atoms with E-state index < -0.39 is 0 Å². The SMILES string of the molecule is CCCN(Cc1c(CNCC)oc2ccccc12)C1CC1. The summed E-state index contributed by atoms with van der Waals surface area (Å²) >= 11 is 0. The molecule has 2 aromatic rings. The smallest absolute Gasteiger partial charge is 0.134 e. The molecule has 1 N–H and O–H groups in total. The molecule has 1 aromatic heterocycles. The minimum Gasteiger partial charge on any atom is -0.459 e. The van der Waals surface area contributed by atoms with E-state index in [-0.39, 0.29) is 0 Å². The van der Waals surface area contributed by atoms with Crippen molar-refractivity contribution in [2.45, 2.75) is 52.2 Å². The second-order valence-electron chi connectivity index (χ2n) is 5.98. The number of hydrogen-bond acceptors (Lipinski definition) is 3. The summed E-state index contributed by atoms with van der Waals surface area (Å²) in [6, 6.07) is 9.23. The van der Waals surface area contributed by atoms with E-state index in [9.17, 15) is 0 Å². The molecular weight excluding hydrogens is 260 g/mol. The molecule has 0 radical (unpaired) electrons. The molecule has 1 fully saturated rings. The van der Waals surface area contributed by atoms with Crippen molar-refractivity contribution in [2.75, 3.05) is 13.1 Å². The third-order valence-corrected chi connectivity index (χ3v) is 4.25. The lowest BCUT2D eigenvalue weighted by Crippen LogP contribution is -2.27. The molecule has 0 unspecified atom stereocenters. The average Bonchev–Trinajstić information content (AvgIpc) is 3.29. The first kappa shape index (κ1) is 14.6. The van der Waals surface area contributed by atoms with Gasteiger partial charge < -0.3 is 9.73 Å². The van der Waals surface area contributed by atoms with Gasteiger partial charge >= 0.3 is 0 Å². The van der Waals surface area contributed by atoms with Gasteiger partial charge in [0, 0.05) is 23.5 Å². The van der Waals surface area contributed by atoms with E-state index in [4.69, 9.17) is 4.42 Å². The Bertz CT molecular complexity index is 586. The number of fused-ring (bicyclic) bond motifs is 1. The molecule has 0 amide bonds. The van der Waals surface area contributed by atoms with Gasteiger partial charge in [-0.15, -0.1) is 0 Å². The molecule has 1 aromatic carbocycles. The fraction of sp³-hybridized carbons (Fsp3) is 0.556. The Kier molecular flexibility index (Phi) is 4.61. The van der Waals surface area contributed by atoms with Crippen LogP contribution in [0.25, 0.3) is 11.0 Å². The quantitative estimate of drug-likeness (QED) is 0.797. The van der Waals surface area contributed by atoms with Crippen LogP contribution in [0.3, 0.4) is 0 Å². The summed E-state index contributed by atoms with van der Waals surface area (Å²) in [5.74, 6) is 1.11. The third-order valence-electron chi connectivity index (χ3n) is 4.25. The van der Waals surface area contributed by atoms with Crippen molar-refractivity contribution in [3.63, 3.8) is 0 Å². The number of para-hydroxylation sites is 1. The first-order valence-electron chi connectivity index (χ1n) is 8.27. The molecule has 0 saturated heterocycles. The fourth-order valence-electron chi connectivity index (χ4n) is 3.02. The summed E-state index contributed by atoms with van der Waals surface area (Å²) in [5, 5.41) is 4.69. The van der Waals surface area contributed by atoms with Crippen LogP contribution in [-0.4, -0.2) is 24.0 Å². The second kappa shape index (κ2) is 6.63. The lowest BCUT2D eigenvalue weighted by Gasteiger charge is -2.21. The second-order valence-corrected chi connectivity index (χ2v) is 5.98. The van der Waals surface area contributed by atoms with Gasteiger partial charge in [-0.05, 0) is 38.4 Å². The molecule has 0 spiro atoms. The monoisotopic (exact) mass is 286 g/mol. The van der Waals surface area contributed by atoms with Crippen molar-refractivity contribution in [1.82, 2.24) is 10.2 Å². The van der Waals surface area contributed by atoms with Crippen LogP contribution in [0.15, 0.2) is 28.7 Å². The normalized spacial score (nSPS) is 15.2. The van der Waals surface area contributed by atoms with E-state index in [0.29, 0.717) is 0 Å². The van der Waals surface area contributed by atoms with Gasteiger partial charge in [0.2, 0.25) is 0 Å². The Morgan fingerprint density at radius 1 is 1.24 bits per heavy atom. The third kappa shape index (κ3) is 3.30. The summed E-state index contributed by atoms with van der Waals surface area (Å²) in [6.07, 6.45) is 3.94. The van der Waals surface area contributed by atoms with E-state index in [0.717, 1.165) is 37.0 Å². The summed E-state index contributed by atoms with van der Waals surface area (Å²) in [4.78, 5) is 2.63. The molecule has 0 aliphatic heterocycles. The van der Waals surface area contributed by atoms with Crippen LogP contribution in [-0.2, 0) is 13.1 Å². The molecule has 0 atom stereocenters. The van der Waals surface area contributed by atoms with Gasteiger partial charge in [0.1, 0.15) is 11.3 Å². The summed E-state index contributed by atoms with van der Waals surface area (Å²) < 4.78 is 6.09. The largest absolute Gasteiger partial charge is 0.459 e. The topological polar surface area (TPSA) is 28.4 Å². The predicted octanol–water partition coefficient (Wildman–Crippen LogP) is 3.92. The van der Waals surface area contributed by atoms with Gasteiger partial charge in [-0.1, -0.05) is 32.0 Å². The van der Waals surface area contributed by atoms with E-state index in [1.54, 1.807) is 0 Å². The molecule has 1 aliphatic rings. The van der Waals surface area contributed by atoms with E-state index in [1.165, 1.54) is 36.8 Å². The minimum absolute atomic E-state index is 0.797. The molecule has 3 heteroatoms. The highest BCUT2D eigenvalue weighted by Gasteiger charge is 2.29. The van der Waals surface area contributed by atoms with Crippen molar-refractivity contribution in [1.29, 1.82) is 0 Å². The van der Waals surface area contributed by atoms with Gasteiger partial charge in [0.15, 0.2) is 0 Å². The Morgan fingerprint density at radius 2 is 2.05 bits per heavy atom. The first-order valence-corrected chi connectivity index (χ1v) is 8.27. The van der Waals surface area contributed by atoms with Crippen molar-refractivity contribution >= 4 is 11.0 Å². The van der Waals surface area contributed by atoms with Crippen LogP contribution in [0.4, 0.5) is 0 Å². The van der Waals surface area contributed by atoms with Crippen molar-refractivity contribution in [2.24, 2.45) is 0 Å². The maximum absolute atomic E-state index is 6.09. The van der Waals surface area contributed by atoms with Crippen LogP contribution in [0.5, 0.6) is 0 Å². The molecule has 1 aliphatic carbocycles. The molecule has 3 rings (SSSR count). The fourth-order valence-corrected chi connectivity index (χ4v) is 3.02. The van der Waals surface area contributed by atoms with Crippen LogP contribution in [0.1, 0.15) is 44.4 Å². The Morgan fingerprint density at radius 3 is 2.76 bits per heavy atom. The van der Waals surface area contributed by atoms with Crippen molar-refractivity contribution in [3.8, 4) is 0 Å². The molecule has 1 heterocycles. The molecule has 1 saturated carbocycles. The van der Waals surface area contributed by atoms with Crippen molar-refractivity contribution < 1.29 is 4.42 Å². The highest BCUT2D eigenvalue weighted by Crippen LogP contribution is 2.32. The lowest BCUT2D eigenvalue weighted by atomic mass is 10.1.